The van der Waals surface area contributed by atoms with Crippen LogP contribution in [0.1, 0.15) is 57.4 Å². The highest BCUT2D eigenvalue weighted by Crippen LogP contribution is 2.51. The monoisotopic (exact) mass is 401 g/mol. The third kappa shape index (κ3) is 3.35. The van der Waals surface area contributed by atoms with Crippen LogP contribution in [0.3, 0.4) is 0 Å². The number of ether oxygens (including phenoxy) is 2. The summed E-state index contributed by atoms with van der Waals surface area (Å²) in [6.45, 7) is 5.35. The number of carbonyl (C=O) groups excluding carboxylic acids is 1. The number of piperidine rings is 1. The highest BCUT2D eigenvalue weighted by molar-refractivity contribution is 5.73. The second kappa shape index (κ2) is 7.57. The number of rotatable bonds is 4. The van der Waals surface area contributed by atoms with Crippen LogP contribution in [-0.2, 0) is 14.9 Å². The van der Waals surface area contributed by atoms with Gasteiger partial charge in [0.25, 0.3) is 0 Å². The standard InChI is InChI=1S/C24H32FNO3/c1-2-11-28-23(27)22-16-3-4-17(22)13-19(12-16)26-9-7-24(8-10-26)15-29-21-6-5-18(25)14-20(21)24/h5-6,14,16-17,19,22H,2-4,7-13,15H2,1H3. The van der Waals surface area contributed by atoms with Gasteiger partial charge in [0.1, 0.15) is 11.6 Å². The number of likely N-dealkylation sites (tertiary alicyclic amines) is 1. The van der Waals surface area contributed by atoms with Crippen LogP contribution in [0.5, 0.6) is 5.75 Å². The van der Waals surface area contributed by atoms with E-state index in [0.29, 0.717) is 31.1 Å². The van der Waals surface area contributed by atoms with Crippen LogP contribution >= 0.6 is 0 Å². The minimum atomic E-state index is -0.166. The van der Waals surface area contributed by atoms with Crippen molar-refractivity contribution in [3.8, 4) is 5.75 Å². The van der Waals surface area contributed by atoms with Crippen molar-refractivity contribution in [1.82, 2.24) is 4.90 Å². The fourth-order valence-corrected chi connectivity index (χ4v) is 6.55. The van der Waals surface area contributed by atoms with Gasteiger partial charge in [-0.3, -0.25) is 4.79 Å². The van der Waals surface area contributed by atoms with Crippen molar-refractivity contribution in [3.05, 3.63) is 29.6 Å². The normalized spacial score (nSPS) is 32.8. The summed E-state index contributed by atoms with van der Waals surface area (Å²) in [7, 11) is 0. The van der Waals surface area contributed by atoms with Crippen LogP contribution in [0.25, 0.3) is 0 Å². The van der Waals surface area contributed by atoms with Gasteiger partial charge in [0, 0.05) is 17.0 Å². The summed E-state index contributed by atoms with van der Waals surface area (Å²) in [5.74, 6) is 1.86. The molecule has 0 aromatic heterocycles. The molecule has 2 heterocycles. The Hall–Kier alpha value is -1.62. The van der Waals surface area contributed by atoms with E-state index in [1.165, 1.54) is 18.9 Å². The van der Waals surface area contributed by atoms with Crippen molar-refractivity contribution < 1.29 is 18.7 Å². The molecule has 158 valence electrons. The number of halogens is 1. The zero-order chi connectivity index (χ0) is 20.0. The van der Waals surface area contributed by atoms with Crippen LogP contribution in [-0.4, -0.2) is 43.2 Å². The van der Waals surface area contributed by atoms with Crippen LogP contribution < -0.4 is 4.74 Å². The molecule has 2 saturated carbocycles. The minimum absolute atomic E-state index is 0.0198. The Bertz CT molecular complexity index is 759. The molecule has 2 aliphatic carbocycles. The second-order valence-electron chi connectivity index (χ2n) is 9.66. The molecule has 2 unspecified atom stereocenters. The first-order valence-electron chi connectivity index (χ1n) is 11.4. The molecule has 0 amide bonds. The number of hydrogen-bond donors (Lipinski definition) is 0. The van der Waals surface area contributed by atoms with Crippen molar-refractivity contribution in [2.45, 2.75) is 63.3 Å². The van der Waals surface area contributed by atoms with E-state index < -0.39 is 0 Å². The van der Waals surface area contributed by atoms with Gasteiger partial charge in [-0.1, -0.05) is 6.92 Å². The van der Waals surface area contributed by atoms with Gasteiger partial charge < -0.3 is 14.4 Å². The maximum atomic E-state index is 13.8. The molecule has 3 fully saturated rings. The Kier molecular flexibility index (Phi) is 5.05. The van der Waals surface area contributed by atoms with Gasteiger partial charge in [-0.25, -0.2) is 4.39 Å². The molecule has 5 rings (SSSR count). The summed E-state index contributed by atoms with van der Waals surface area (Å²) in [5.41, 5.74) is 1.05. The molecule has 29 heavy (non-hydrogen) atoms. The second-order valence-corrected chi connectivity index (χ2v) is 9.66. The number of hydrogen-bond acceptors (Lipinski definition) is 4. The summed E-state index contributed by atoms with van der Waals surface area (Å²) in [6.07, 6.45) is 7.53. The minimum Gasteiger partial charge on any atom is -0.492 e. The molecular formula is C24H32FNO3. The number of carbonyl (C=O) groups is 1. The largest absolute Gasteiger partial charge is 0.492 e. The molecule has 4 aliphatic rings. The lowest BCUT2D eigenvalue weighted by Gasteiger charge is -2.45. The number of esters is 1. The molecule has 1 aromatic rings. The van der Waals surface area contributed by atoms with E-state index in [4.69, 9.17) is 9.47 Å². The number of fused-ring (bicyclic) bond motifs is 4. The molecular weight excluding hydrogens is 369 g/mol. The Morgan fingerprint density at radius 2 is 1.97 bits per heavy atom. The van der Waals surface area contributed by atoms with Gasteiger partial charge in [0.2, 0.25) is 0 Å². The first-order chi connectivity index (χ1) is 14.1. The summed E-state index contributed by atoms with van der Waals surface area (Å²) >= 11 is 0. The number of benzene rings is 1. The van der Waals surface area contributed by atoms with E-state index >= 15 is 0 Å². The topological polar surface area (TPSA) is 38.8 Å². The predicted octanol–water partition coefficient (Wildman–Crippen LogP) is 4.31. The Balaban J connectivity index is 1.22. The predicted molar refractivity (Wildman–Crippen MR) is 108 cm³/mol. The van der Waals surface area contributed by atoms with Crippen molar-refractivity contribution in [1.29, 1.82) is 0 Å². The van der Waals surface area contributed by atoms with Gasteiger partial charge in [-0.2, -0.15) is 0 Å². The lowest BCUT2D eigenvalue weighted by atomic mass is 9.72. The van der Waals surface area contributed by atoms with Crippen molar-refractivity contribution in [3.63, 3.8) is 0 Å². The third-order valence-corrected chi connectivity index (χ3v) is 8.08. The van der Waals surface area contributed by atoms with E-state index in [1.807, 2.05) is 6.92 Å². The molecule has 1 spiro atoms. The van der Waals surface area contributed by atoms with E-state index in [0.717, 1.165) is 56.5 Å². The molecule has 1 saturated heterocycles. The molecule has 0 N–H and O–H groups in total. The molecule has 0 radical (unpaired) electrons. The van der Waals surface area contributed by atoms with Crippen molar-refractivity contribution in [2.24, 2.45) is 17.8 Å². The molecule has 1 aromatic carbocycles. The van der Waals surface area contributed by atoms with Crippen LogP contribution in [0.15, 0.2) is 18.2 Å². The van der Waals surface area contributed by atoms with Gasteiger partial charge in [-0.05, 0) is 88.1 Å². The fraction of sp³-hybridized carbons (Fsp3) is 0.708. The maximum absolute atomic E-state index is 13.8. The van der Waals surface area contributed by atoms with E-state index in [9.17, 15) is 9.18 Å². The summed E-state index contributed by atoms with van der Waals surface area (Å²) in [5, 5.41) is 0. The lowest BCUT2D eigenvalue weighted by Crippen LogP contribution is -2.50. The van der Waals surface area contributed by atoms with Gasteiger partial charge in [0.05, 0.1) is 19.1 Å². The van der Waals surface area contributed by atoms with E-state index in [2.05, 4.69) is 4.90 Å². The van der Waals surface area contributed by atoms with Gasteiger partial charge in [0.15, 0.2) is 0 Å². The number of nitrogens with zero attached hydrogens (tertiary/aromatic N) is 1. The lowest BCUT2D eigenvalue weighted by molar-refractivity contribution is -0.153. The smallest absolute Gasteiger partial charge is 0.309 e. The zero-order valence-corrected chi connectivity index (χ0v) is 17.4. The summed E-state index contributed by atoms with van der Waals surface area (Å²) in [6, 6.07) is 5.54. The van der Waals surface area contributed by atoms with E-state index in [-0.39, 0.29) is 23.1 Å². The van der Waals surface area contributed by atoms with Crippen LogP contribution in [0.2, 0.25) is 0 Å². The Morgan fingerprint density at radius 3 is 2.66 bits per heavy atom. The van der Waals surface area contributed by atoms with E-state index in [1.54, 1.807) is 12.1 Å². The maximum Gasteiger partial charge on any atom is 0.309 e. The molecule has 2 bridgehead atoms. The zero-order valence-electron chi connectivity index (χ0n) is 17.4. The highest BCUT2D eigenvalue weighted by atomic mass is 19.1. The first kappa shape index (κ1) is 19.3. The quantitative estimate of drug-likeness (QED) is 0.705. The first-order valence-corrected chi connectivity index (χ1v) is 11.4. The fourth-order valence-electron chi connectivity index (χ4n) is 6.55. The molecule has 2 atom stereocenters. The van der Waals surface area contributed by atoms with Crippen molar-refractivity contribution in [2.75, 3.05) is 26.3 Å². The van der Waals surface area contributed by atoms with Crippen molar-refractivity contribution >= 4 is 5.97 Å². The molecule has 5 heteroatoms. The molecule has 2 aliphatic heterocycles. The summed E-state index contributed by atoms with van der Waals surface area (Å²) < 4.78 is 25.2. The third-order valence-electron chi connectivity index (χ3n) is 8.08. The Labute approximate surface area is 172 Å². The highest BCUT2D eigenvalue weighted by Gasteiger charge is 2.50. The average molecular weight is 402 g/mol. The molecule has 4 nitrogen and oxygen atoms in total. The van der Waals surface area contributed by atoms with Crippen LogP contribution in [0.4, 0.5) is 4.39 Å². The Morgan fingerprint density at radius 1 is 1.24 bits per heavy atom. The summed E-state index contributed by atoms with van der Waals surface area (Å²) in [4.78, 5) is 15.2. The van der Waals surface area contributed by atoms with Gasteiger partial charge in [-0.15, -0.1) is 0 Å². The van der Waals surface area contributed by atoms with Gasteiger partial charge >= 0.3 is 5.97 Å². The SMILES string of the molecule is CCCOC(=O)C1C2CCC1CC(N1CCC3(CC1)COc1ccc(F)cc13)C2. The van der Waals surface area contributed by atoms with Crippen LogP contribution in [0, 0.1) is 23.6 Å². The average Bonchev–Trinajstić information content (AvgIpc) is 3.21.